The smallest absolute Gasteiger partial charge is 0.240 e. The SMILES string of the molecule is Cc1cc(O)c(Cl)c(-c2noc(CN)n2)c1. The van der Waals surface area contributed by atoms with Gasteiger partial charge in [-0.1, -0.05) is 16.8 Å². The number of aryl methyl sites for hydroxylation is 1. The summed E-state index contributed by atoms with van der Waals surface area (Å²) in [5, 5.41) is 13.5. The average molecular weight is 240 g/mol. The van der Waals surface area contributed by atoms with Gasteiger partial charge in [-0.2, -0.15) is 4.98 Å². The van der Waals surface area contributed by atoms with Gasteiger partial charge in [0.15, 0.2) is 0 Å². The van der Waals surface area contributed by atoms with Gasteiger partial charge in [-0.15, -0.1) is 0 Å². The summed E-state index contributed by atoms with van der Waals surface area (Å²) in [7, 11) is 0. The van der Waals surface area contributed by atoms with Crippen molar-refractivity contribution >= 4 is 11.6 Å². The highest BCUT2D eigenvalue weighted by atomic mass is 35.5. The van der Waals surface area contributed by atoms with Crippen LogP contribution in [0.3, 0.4) is 0 Å². The summed E-state index contributed by atoms with van der Waals surface area (Å²) < 4.78 is 4.88. The Balaban J connectivity index is 2.54. The number of hydrogen-bond donors (Lipinski definition) is 2. The normalized spacial score (nSPS) is 10.7. The second kappa shape index (κ2) is 4.11. The van der Waals surface area contributed by atoms with E-state index >= 15 is 0 Å². The van der Waals surface area contributed by atoms with Crippen molar-refractivity contribution in [3.8, 4) is 17.1 Å². The Morgan fingerprint density at radius 2 is 2.25 bits per heavy atom. The van der Waals surface area contributed by atoms with E-state index in [4.69, 9.17) is 21.9 Å². The van der Waals surface area contributed by atoms with E-state index < -0.39 is 0 Å². The second-order valence-corrected chi connectivity index (χ2v) is 3.74. The van der Waals surface area contributed by atoms with Gasteiger partial charge >= 0.3 is 0 Å². The predicted molar refractivity (Wildman–Crippen MR) is 59.0 cm³/mol. The van der Waals surface area contributed by atoms with Gasteiger partial charge in [0.05, 0.1) is 11.6 Å². The van der Waals surface area contributed by atoms with Gasteiger partial charge in [-0.25, -0.2) is 0 Å². The van der Waals surface area contributed by atoms with Gasteiger partial charge in [0, 0.05) is 5.56 Å². The van der Waals surface area contributed by atoms with Crippen molar-refractivity contribution in [1.82, 2.24) is 10.1 Å². The molecule has 1 heterocycles. The summed E-state index contributed by atoms with van der Waals surface area (Å²) in [5.41, 5.74) is 6.75. The van der Waals surface area contributed by atoms with Crippen LogP contribution in [-0.2, 0) is 6.54 Å². The fraction of sp³-hybridized carbons (Fsp3) is 0.200. The van der Waals surface area contributed by atoms with Gasteiger partial charge in [0.2, 0.25) is 11.7 Å². The van der Waals surface area contributed by atoms with Crippen molar-refractivity contribution in [2.24, 2.45) is 5.73 Å². The molecule has 6 heteroatoms. The van der Waals surface area contributed by atoms with Crippen molar-refractivity contribution in [1.29, 1.82) is 0 Å². The Hall–Kier alpha value is -1.59. The molecule has 0 saturated carbocycles. The zero-order chi connectivity index (χ0) is 11.7. The minimum absolute atomic E-state index is 0.00392. The molecule has 0 aliphatic rings. The number of aromatic nitrogens is 2. The van der Waals surface area contributed by atoms with E-state index in [1.54, 1.807) is 12.1 Å². The lowest BCUT2D eigenvalue weighted by Gasteiger charge is -2.03. The first-order valence-corrected chi connectivity index (χ1v) is 5.01. The highest BCUT2D eigenvalue weighted by Crippen LogP contribution is 2.34. The van der Waals surface area contributed by atoms with Crippen LogP contribution in [0.1, 0.15) is 11.5 Å². The average Bonchev–Trinajstić information content (AvgIpc) is 2.71. The Kier molecular flexibility index (Phi) is 2.80. The Morgan fingerprint density at radius 1 is 1.50 bits per heavy atom. The molecular formula is C10H10ClN3O2. The molecule has 2 aromatic rings. The van der Waals surface area contributed by atoms with Crippen LogP contribution in [0, 0.1) is 6.92 Å². The van der Waals surface area contributed by atoms with Crippen molar-refractivity contribution in [2.45, 2.75) is 13.5 Å². The molecular weight excluding hydrogens is 230 g/mol. The van der Waals surface area contributed by atoms with Crippen LogP contribution in [0.2, 0.25) is 5.02 Å². The molecule has 0 spiro atoms. The predicted octanol–water partition coefficient (Wildman–Crippen LogP) is 1.86. The molecule has 0 unspecified atom stereocenters. The molecule has 5 nitrogen and oxygen atoms in total. The molecule has 1 aromatic heterocycles. The highest BCUT2D eigenvalue weighted by Gasteiger charge is 2.14. The van der Waals surface area contributed by atoms with E-state index in [9.17, 15) is 5.11 Å². The monoisotopic (exact) mass is 239 g/mol. The van der Waals surface area contributed by atoms with Crippen LogP contribution in [0.5, 0.6) is 5.75 Å². The lowest BCUT2D eigenvalue weighted by atomic mass is 10.1. The zero-order valence-corrected chi connectivity index (χ0v) is 9.32. The second-order valence-electron chi connectivity index (χ2n) is 3.36. The van der Waals surface area contributed by atoms with E-state index in [1.165, 1.54) is 0 Å². The van der Waals surface area contributed by atoms with Gasteiger partial charge in [-0.3, -0.25) is 0 Å². The first kappa shape index (κ1) is 10.9. The first-order chi connectivity index (χ1) is 7.61. The van der Waals surface area contributed by atoms with Gasteiger partial charge in [0.1, 0.15) is 5.75 Å². The maximum atomic E-state index is 9.56. The lowest BCUT2D eigenvalue weighted by Crippen LogP contribution is -1.95. The third kappa shape index (κ3) is 1.87. The van der Waals surface area contributed by atoms with E-state index in [-0.39, 0.29) is 17.3 Å². The van der Waals surface area contributed by atoms with Gasteiger partial charge < -0.3 is 15.4 Å². The minimum atomic E-state index is -0.00392. The van der Waals surface area contributed by atoms with E-state index in [0.717, 1.165) is 5.56 Å². The van der Waals surface area contributed by atoms with E-state index in [0.29, 0.717) is 17.3 Å². The van der Waals surface area contributed by atoms with Gasteiger partial charge in [0.25, 0.3) is 0 Å². The van der Waals surface area contributed by atoms with E-state index in [2.05, 4.69) is 10.1 Å². The molecule has 16 heavy (non-hydrogen) atoms. The molecule has 1 aromatic carbocycles. The molecule has 84 valence electrons. The molecule has 0 bridgehead atoms. The Labute approximate surface area is 96.8 Å². The van der Waals surface area contributed by atoms with Crippen LogP contribution in [0.15, 0.2) is 16.7 Å². The third-order valence-corrected chi connectivity index (χ3v) is 2.48. The summed E-state index contributed by atoms with van der Waals surface area (Å²) in [4.78, 5) is 4.04. The number of rotatable bonds is 2. The van der Waals surface area contributed by atoms with E-state index in [1.807, 2.05) is 6.92 Å². The maximum absolute atomic E-state index is 9.56. The fourth-order valence-corrected chi connectivity index (χ4v) is 1.55. The number of phenols is 1. The zero-order valence-electron chi connectivity index (χ0n) is 8.57. The number of nitrogens with zero attached hydrogens (tertiary/aromatic N) is 2. The number of phenolic OH excluding ortho intramolecular Hbond substituents is 1. The first-order valence-electron chi connectivity index (χ1n) is 4.64. The number of halogens is 1. The maximum Gasteiger partial charge on any atom is 0.240 e. The van der Waals surface area contributed by atoms with Crippen LogP contribution < -0.4 is 5.73 Å². The quantitative estimate of drug-likeness (QED) is 0.836. The van der Waals surface area contributed by atoms with Crippen LogP contribution in [-0.4, -0.2) is 15.2 Å². The third-order valence-electron chi connectivity index (χ3n) is 2.08. The van der Waals surface area contributed by atoms with Crippen LogP contribution >= 0.6 is 11.6 Å². The van der Waals surface area contributed by atoms with Crippen molar-refractivity contribution in [3.63, 3.8) is 0 Å². The summed E-state index contributed by atoms with van der Waals surface area (Å²) in [5.74, 6) is 0.646. The number of hydrogen-bond acceptors (Lipinski definition) is 5. The summed E-state index contributed by atoms with van der Waals surface area (Å²) >= 11 is 5.95. The molecule has 0 radical (unpaired) electrons. The summed E-state index contributed by atoms with van der Waals surface area (Å²) in [6.07, 6.45) is 0. The molecule has 0 fully saturated rings. The Morgan fingerprint density at radius 3 is 2.88 bits per heavy atom. The summed E-state index contributed by atoms with van der Waals surface area (Å²) in [6, 6.07) is 3.34. The van der Waals surface area contributed by atoms with Crippen LogP contribution in [0.25, 0.3) is 11.4 Å². The molecule has 0 aliphatic heterocycles. The van der Waals surface area contributed by atoms with Crippen molar-refractivity contribution in [2.75, 3.05) is 0 Å². The van der Waals surface area contributed by atoms with Crippen molar-refractivity contribution in [3.05, 3.63) is 28.6 Å². The summed E-state index contributed by atoms with van der Waals surface area (Å²) in [6.45, 7) is 2.01. The molecule has 3 N–H and O–H groups in total. The van der Waals surface area contributed by atoms with Gasteiger partial charge in [-0.05, 0) is 24.6 Å². The number of nitrogens with two attached hydrogens (primary N) is 1. The standard InChI is InChI=1S/C10H10ClN3O2/c1-5-2-6(9(11)7(15)3-5)10-13-8(4-12)16-14-10/h2-3,15H,4,12H2,1H3. The molecule has 0 saturated heterocycles. The number of benzene rings is 1. The Bertz CT molecular complexity index is 525. The largest absolute Gasteiger partial charge is 0.506 e. The molecule has 0 aliphatic carbocycles. The highest BCUT2D eigenvalue weighted by molar-refractivity contribution is 6.34. The van der Waals surface area contributed by atoms with Crippen LogP contribution in [0.4, 0.5) is 0 Å². The molecule has 0 atom stereocenters. The molecule has 2 rings (SSSR count). The number of aromatic hydroxyl groups is 1. The fourth-order valence-electron chi connectivity index (χ4n) is 1.36. The lowest BCUT2D eigenvalue weighted by molar-refractivity contribution is 0.380. The van der Waals surface area contributed by atoms with Crippen molar-refractivity contribution < 1.29 is 9.63 Å². The minimum Gasteiger partial charge on any atom is -0.506 e. The molecule has 0 amide bonds. The topological polar surface area (TPSA) is 85.2 Å².